The minimum atomic E-state index is -0.458. The van der Waals surface area contributed by atoms with E-state index in [0.29, 0.717) is 43.0 Å². The maximum Gasteiger partial charge on any atom is 0.332 e. The fourth-order valence-electron chi connectivity index (χ4n) is 7.24. The number of ether oxygens (including phenoxy) is 3. The quantitative estimate of drug-likeness (QED) is 0.193. The number of halogens is 2. The molecule has 2 aromatic carbocycles. The second kappa shape index (κ2) is 15.6. The molecule has 1 aliphatic carbocycles. The number of fused-ring (bicyclic) bond motifs is 3. The van der Waals surface area contributed by atoms with Crippen LogP contribution in [0.2, 0.25) is 5.02 Å². The van der Waals surface area contributed by atoms with Gasteiger partial charge in [0.25, 0.3) is 5.91 Å². The molecular weight excluding hydrogens is 639 g/mol. The number of hydrogen-bond donors (Lipinski definition) is 1. The SMILES string of the molecule is CCC1CCN2CC3(CCCc4c3ccc(Cl)c4F)COc3ccc(cc32)C(=O)NSC(C)CC/C=C(\C)C1OCC(=O)OC(C)C. The maximum atomic E-state index is 15.4. The Morgan fingerprint density at radius 1 is 1.26 bits per heavy atom. The largest absolute Gasteiger partial charge is 0.490 e. The summed E-state index contributed by atoms with van der Waals surface area (Å²) in [4.78, 5) is 28.2. The van der Waals surface area contributed by atoms with Crippen molar-refractivity contribution in [1.82, 2.24) is 4.72 Å². The zero-order valence-electron chi connectivity index (χ0n) is 28.2. The Kier molecular flexibility index (Phi) is 11.8. The van der Waals surface area contributed by atoms with Crippen molar-refractivity contribution >= 4 is 41.1 Å². The number of anilines is 1. The van der Waals surface area contributed by atoms with Gasteiger partial charge in [-0.25, -0.2) is 9.18 Å². The molecular formula is C37H48ClFN2O5S. The summed E-state index contributed by atoms with van der Waals surface area (Å²) >= 11 is 7.67. The van der Waals surface area contributed by atoms with Crippen molar-refractivity contribution in [3.63, 3.8) is 0 Å². The summed E-state index contributed by atoms with van der Waals surface area (Å²) in [5, 5.41) is 0.336. The van der Waals surface area contributed by atoms with Gasteiger partial charge < -0.3 is 19.1 Å². The summed E-state index contributed by atoms with van der Waals surface area (Å²) in [6, 6.07) is 9.25. The molecule has 4 atom stereocenters. The van der Waals surface area contributed by atoms with E-state index < -0.39 is 5.41 Å². The molecule has 2 heterocycles. The predicted molar refractivity (Wildman–Crippen MR) is 187 cm³/mol. The molecule has 2 aliphatic heterocycles. The Morgan fingerprint density at radius 3 is 2.83 bits per heavy atom. The fraction of sp³-hybridized carbons (Fsp3) is 0.568. The third-order valence-corrected chi connectivity index (χ3v) is 11.0. The molecule has 0 radical (unpaired) electrons. The van der Waals surface area contributed by atoms with Crippen LogP contribution in [0.25, 0.3) is 0 Å². The number of esters is 1. The normalized spacial score (nSPS) is 26.5. The number of allylic oxidation sites excluding steroid dienone is 1. The summed E-state index contributed by atoms with van der Waals surface area (Å²) in [5.74, 6) is -0.0339. The standard InChI is InChI=1S/C37H48ClFN2O5S/c1-6-26-16-18-41-21-37(17-8-11-28-29(37)13-14-30(38)34(28)39)22-45-32-15-12-27(19-31(32)41)36(43)40-47-25(5)10-7-9-24(4)35(26)44-20-33(42)46-23(2)3/h9,12-15,19,23,25-26,35H,6-8,10-11,16-18,20-22H2,1-5H3,(H,40,43)/b24-9+. The third kappa shape index (κ3) is 8.28. The molecule has 2 aromatic rings. The Hall–Kier alpha value is -2.75. The van der Waals surface area contributed by atoms with Gasteiger partial charge in [0, 0.05) is 29.3 Å². The Bertz CT molecular complexity index is 1480. The summed E-state index contributed by atoms with van der Waals surface area (Å²) in [6.45, 7) is 11.6. The number of rotatable bonds is 5. The van der Waals surface area contributed by atoms with Crippen LogP contribution >= 0.6 is 23.5 Å². The first kappa shape index (κ1) is 35.6. The van der Waals surface area contributed by atoms with Gasteiger partial charge in [0.1, 0.15) is 18.2 Å². The lowest BCUT2D eigenvalue weighted by Gasteiger charge is -2.41. The molecule has 7 nitrogen and oxygen atoms in total. The van der Waals surface area contributed by atoms with Gasteiger partial charge in [-0.15, -0.1) is 0 Å². The topological polar surface area (TPSA) is 77.1 Å². The first-order valence-corrected chi connectivity index (χ1v) is 18.2. The van der Waals surface area contributed by atoms with Gasteiger partial charge in [-0.3, -0.25) is 9.52 Å². The van der Waals surface area contributed by atoms with Crippen molar-refractivity contribution in [2.45, 2.75) is 102 Å². The van der Waals surface area contributed by atoms with E-state index in [2.05, 4.69) is 36.5 Å². The highest BCUT2D eigenvalue weighted by Crippen LogP contribution is 2.45. The van der Waals surface area contributed by atoms with E-state index in [9.17, 15) is 9.59 Å². The Morgan fingerprint density at radius 2 is 2.06 bits per heavy atom. The van der Waals surface area contributed by atoms with Gasteiger partial charge in [-0.05, 0) is 118 Å². The van der Waals surface area contributed by atoms with E-state index in [-0.39, 0.29) is 52.7 Å². The average Bonchev–Trinajstić information content (AvgIpc) is 3.19. The molecule has 1 amide bonds. The summed E-state index contributed by atoms with van der Waals surface area (Å²) in [6.07, 6.45) is 7.36. The average molecular weight is 687 g/mol. The van der Waals surface area contributed by atoms with Crippen LogP contribution in [0.4, 0.5) is 10.1 Å². The van der Waals surface area contributed by atoms with E-state index in [4.69, 9.17) is 25.8 Å². The van der Waals surface area contributed by atoms with Crippen LogP contribution in [0.1, 0.15) is 94.6 Å². The van der Waals surface area contributed by atoms with E-state index in [1.807, 2.05) is 38.1 Å². The monoisotopic (exact) mass is 686 g/mol. The Balaban J connectivity index is 1.53. The molecule has 0 fully saturated rings. The van der Waals surface area contributed by atoms with Gasteiger partial charge in [0.2, 0.25) is 0 Å². The van der Waals surface area contributed by atoms with Crippen LogP contribution < -0.4 is 14.4 Å². The van der Waals surface area contributed by atoms with Crippen molar-refractivity contribution in [3.8, 4) is 5.75 Å². The highest BCUT2D eigenvalue weighted by Gasteiger charge is 2.43. The lowest BCUT2D eigenvalue weighted by atomic mass is 9.70. The smallest absolute Gasteiger partial charge is 0.332 e. The van der Waals surface area contributed by atoms with E-state index in [1.165, 1.54) is 11.9 Å². The number of carbonyl (C=O) groups excluding carboxylic acids is 2. The highest BCUT2D eigenvalue weighted by atomic mass is 35.5. The molecule has 0 saturated heterocycles. The zero-order chi connectivity index (χ0) is 33.7. The lowest BCUT2D eigenvalue weighted by Crippen LogP contribution is -2.46. The van der Waals surface area contributed by atoms with Gasteiger partial charge in [-0.1, -0.05) is 44.0 Å². The van der Waals surface area contributed by atoms with E-state index in [1.54, 1.807) is 6.07 Å². The number of benzene rings is 2. The van der Waals surface area contributed by atoms with Crippen molar-refractivity contribution in [3.05, 3.63) is 69.5 Å². The minimum absolute atomic E-state index is 0.111. The summed E-state index contributed by atoms with van der Waals surface area (Å²) < 4.78 is 36.7. The van der Waals surface area contributed by atoms with E-state index in [0.717, 1.165) is 55.3 Å². The third-order valence-electron chi connectivity index (χ3n) is 9.72. The van der Waals surface area contributed by atoms with Crippen LogP contribution in [0, 0.1) is 11.7 Å². The molecule has 3 aliphatic rings. The van der Waals surface area contributed by atoms with Crippen LogP contribution in [0.3, 0.4) is 0 Å². The first-order chi connectivity index (χ1) is 22.5. The van der Waals surface area contributed by atoms with Gasteiger partial charge in [-0.2, -0.15) is 0 Å². The van der Waals surface area contributed by atoms with Crippen LogP contribution in [-0.4, -0.2) is 55.6 Å². The summed E-state index contributed by atoms with van der Waals surface area (Å²) in [7, 11) is 0. The van der Waals surface area contributed by atoms with E-state index >= 15 is 4.39 Å². The second-order valence-corrected chi connectivity index (χ2v) is 15.2. The van der Waals surface area contributed by atoms with Gasteiger partial charge in [0.05, 0.1) is 29.5 Å². The number of amides is 1. The van der Waals surface area contributed by atoms with Crippen LogP contribution in [0.15, 0.2) is 42.0 Å². The van der Waals surface area contributed by atoms with Gasteiger partial charge in [0.15, 0.2) is 0 Å². The zero-order valence-corrected chi connectivity index (χ0v) is 29.8. The molecule has 2 bridgehead atoms. The highest BCUT2D eigenvalue weighted by molar-refractivity contribution is 7.98. The molecule has 47 heavy (non-hydrogen) atoms. The molecule has 256 valence electrons. The molecule has 0 aromatic heterocycles. The van der Waals surface area contributed by atoms with Crippen molar-refractivity contribution in [2.24, 2.45) is 5.92 Å². The molecule has 1 N–H and O–H groups in total. The molecule has 10 heteroatoms. The molecule has 4 unspecified atom stereocenters. The predicted octanol–water partition coefficient (Wildman–Crippen LogP) is 8.21. The van der Waals surface area contributed by atoms with Gasteiger partial charge >= 0.3 is 5.97 Å². The number of hydrogen-bond acceptors (Lipinski definition) is 7. The lowest BCUT2D eigenvalue weighted by molar-refractivity contribution is -0.155. The van der Waals surface area contributed by atoms with Crippen molar-refractivity contribution < 1.29 is 28.2 Å². The molecule has 0 saturated carbocycles. The van der Waals surface area contributed by atoms with Crippen LogP contribution in [0.5, 0.6) is 5.75 Å². The number of nitrogens with one attached hydrogen (secondary N) is 1. The molecule has 5 rings (SSSR count). The summed E-state index contributed by atoms with van der Waals surface area (Å²) in [5.41, 5.74) is 3.67. The number of carbonyl (C=O) groups is 2. The fourth-order valence-corrected chi connectivity index (χ4v) is 8.10. The van der Waals surface area contributed by atoms with Crippen LogP contribution in [-0.2, 0) is 26.1 Å². The second-order valence-electron chi connectivity index (χ2n) is 13.5. The minimum Gasteiger partial charge on any atom is -0.490 e. The number of nitrogens with zero attached hydrogens (tertiary/aromatic N) is 1. The van der Waals surface area contributed by atoms with Crippen molar-refractivity contribution in [1.29, 1.82) is 0 Å². The van der Waals surface area contributed by atoms with Crippen molar-refractivity contribution in [2.75, 3.05) is 31.2 Å². The molecule has 1 spiro atoms. The Labute approximate surface area is 288 Å². The maximum absolute atomic E-state index is 15.4. The first-order valence-electron chi connectivity index (χ1n) is 16.9.